The maximum Gasteiger partial charge on any atom is 0.266 e. The topological polar surface area (TPSA) is 78.1 Å². The lowest BCUT2D eigenvalue weighted by atomic mass is 9.89. The third kappa shape index (κ3) is 3.64. The van der Waals surface area contributed by atoms with Crippen molar-refractivity contribution in [3.05, 3.63) is 149 Å². The summed E-state index contributed by atoms with van der Waals surface area (Å²) in [4.78, 5) is 52.1. The van der Waals surface area contributed by atoms with Crippen LogP contribution in [-0.4, -0.2) is 9.13 Å². The molecule has 2 aromatic heterocycles. The highest BCUT2D eigenvalue weighted by molar-refractivity contribution is 5.98. The lowest BCUT2D eigenvalue weighted by Crippen LogP contribution is -2.23. The molecule has 0 radical (unpaired) electrons. The zero-order valence-electron chi connectivity index (χ0n) is 21.7. The minimum atomic E-state index is -0.539. The molecule has 0 aliphatic rings. The molecular formula is C33H24N2O4. The van der Waals surface area contributed by atoms with E-state index in [1.165, 1.54) is 19.2 Å². The highest BCUT2D eigenvalue weighted by Crippen LogP contribution is 2.35. The molecule has 0 amide bonds. The molecule has 6 heteroatoms. The van der Waals surface area contributed by atoms with Crippen molar-refractivity contribution < 1.29 is 0 Å². The molecule has 0 fully saturated rings. The van der Waals surface area contributed by atoms with Crippen LogP contribution < -0.4 is 22.2 Å². The quantitative estimate of drug-likeness (QED) is 0.341. The first kappa shape index (κ1) is 24.2. The molecular weight excluding hydrogens is 488 g/mol. The van der Waals surface area contributed by atoms with E-state index in [1.54, 1.807) is 6.07 Å². The van der Waals surface area contributed by atoms with E-state index in [4.69, 9.17) is 0 Å². The first-order valence-electron chi connectivity index (χ1n) is 12.5. The number of nitrogens with zero attached hydrogens (tertiary/aromatic N) is 2. The number of benzene rings is 4. The number of aryl methyl sites for hydroxylation is 2. The van der Waals surface area contributed by atoms with Gasteiger partial charge in [-0.1, -0.05) is 66.7 Å². The smallest absolute Gasteiger partial charge is 0.266 e. The summed E-state index contributed by atoms with van der Waals surface area (Å²) in [6.07, 6.45) is 0. The fraction of sp³-hybridized carbons (Fsp3) is 0.0909. The van der Waals surface area contributed by atoms with Gasteiger partial charge in [-0.3, -0.25) is 23.7 Å². The molecule has 0 N–H and O–H groups in total. The van der Waals surface area contributed by atoms with Gasteiger partial charge < -0.3 is 0 Å². The van der Waals surface area contributed by atoms with Gasteiger partial charge in [0, 0.05) is 7.05 Å². The monoisotopic (exact) mass is 512 g/mol. The molecule has 0 spiro atoms. The molecule has 0 aliphatic carbocycles. The molecule has 0 unspecified atom stereocenters. The normalized spacial score (nSPS) is 11.5. The van der Waals surface area contributed by atoms with E-state index in [1.807, 2.05) is 49.4 Å². The maximum absolute atomic E-state index is 13.5. The van der Waals surface area contributed by atoms with Gasteiger partial charge in [0.1, 0.15) is 0 Å². The van der Waals surface area contributed by atoms with Crippen LogP contribution >= 0.6 is 0 Å². The second-order valence-corrected chi connectivity index (χ2v) is 9.95. The van der Waals surface area contributed by atoms with E-state index in [-0.39, 0.29) is 21.5 Å². The third-order valence-corrected chi connectivity index (χ3v) is 7.48. The summed E-state index contributed by atoms with van der Waals surface area (Å²) in [5, 5.41) is 0.481. The van der Waals surface area contributed by atoms with Crippen LogP contribution in [-0.2, 0) is 7.05 Å². The summed E-state index contributed by atoms with van der Waals surface area (Å²) in [5.74, 6) is 0. The first-order chi connectivity index (χ1) is 18.7. The van der Waals surface area contributed by atoms with Crippen molar-refractivity contribution in [3.63, 3.8) is 0 Å². The Kier molecular flexibility index (Phi) is 5.43. The average Bonchev–Trinajstić information content (AvgIpc) is 3.31. The van der Waals surface area contributed by atoms with Crippen LogP contribution in [0.3, 0.4) is 0 Å². The van der Waals surface area contributed by atoms with E-state index in [0.29, 0.717) is 5.69 Å². The van der Waals surface area contributed by atoms with Crippen molar-refractivity contribution in [1.82, 2.24) is 9.13 Å². The number of fused-ring (bicyclic) bond motifs is 2. The highest BCUT2D eigenvalue weighted by atomic mass is 16.2. The summed E-state index contributed by atoms with van der Waals surface area (Å²) < 4.78 is 2.09. The maximum atomic E-state index is 13.5. The molecule has 0 atom stereocenters. The van der Waals surface area contributed by atoms with Crippen LogP contribution in [0.25, 0.3) is 43.9 Å². The number of hydrogen-bond acceptors (Lipinski definition) is 4. The van der Waals surface area contributed by atoms with Crippen molar-refractivity contribution in [3.8, 4) is 16.8 Å². The van der Waals surface area contributed by atoms with Gasteiger partial charge in [0.2, 0.25) is 0 Å². The van der Waals surface area contributed by atoms with Crippen LogP contribution in [0.1, 0.15) is 22.3 Å². The molecule has 4 aromatic carbocycles. The largest absolute Gasteiger partial charge is 0.277 e. The minimum Gasteiger partial charge on any atom is -0.277 e. The molecule has 2 heterocycles. The summed E-state index contributed by atoms with van der Waals surface area (Å²) in [5.41, 5.74) is 4.99. The molecule has 6 rings (SSSR count). The average molecular weight is 513 g/mol. The molecule has 0 saturated carbocycles. The van der Waals surface area contributed by atoms with Crippen molar-refractivity contribution in [2.24, 2.45) is 7.05 Å². The van der Waals surface area contributed by atoms with Crippen molar-refractivity contribution >= 4 is 27.1 Å². The minimum absolute atomic E-state index is 0.108. The van der Waals surface area contributed by atoms with Crippen LogP contribution in [0, 0.1) is 13.8 Å². The Morgan fingerprint density at radius 2 is 1.21 bits per heavy atom. The van der Waals surface area contributed by atoms with Crippen molar-refractivity contribution in [2.75, 3.05) is 0 Å². The summed E-state index contributed by atoms with van der Waals surface area (Å²) in [6.45, 7) is 8.46. The zero-order chi connectivity index (χ0) is 27.6. The first-order valence-corrected chi connectivity index (χ1v) is 12.5. The molecule has 6 aromatic rings. The van der Waals surface area contributed by atoms with E-state index in [2.05, 4.69) is 31.7 Å². The summed E-state index contributed by atoms with van der Waals surface area (Å²) in [7, 11) is 1.38. The van der Waals surface area contributed by atoms with E-state index < -0.39 is 22.2 Å². The predicted octanol–water partition coefficient (Wildman–Crippen LogP) is 4.78. The van der Waals surface area contributed by atoms with Crippen molar-refractivity contribution in [2.45, 2.75) is 13.8 Å². The standard InChI is InChI=1S/C33H24N2O4/c1-18-10-12-23(19(2)14-18)24-13-11-22(15-25(24)20(3)21-8-6-5-7-9-21)35-32(38)28-16-26-27(17-29(28)33(35)39)31(37)34(4)30(26)36/h5-17H,3H2,1-2,4H3. The van der Waals surface area contributed by atoms with Crippen molar-refractivity contribution in [1.29, 1.82) is 0 Å². The van der Waals surface area contributed by atoms with E-state index in [0.717, 1.165) is 48.1 Å². The Bertz CT molecular complexity index is 2110. The zero-order valence-corrected chi connectivity index (χ0v) is 21.7. The molecule has 0 bridgehead atoms. The van der Waals surface area contributed by atoms with Crippen LogP contribution in [0.5, 0.6) is 0 Å². The lowest BCUT2D eigenvalue weighted by Gasteiger charge is -2.17. The van der Waals surface area contributed by atoms with Gasteiger partial charge in [0.15, 0.2) is 0 Å². The number of hydrogen-bond donors (Lipinski definition) is 0. The molecule has 6 nitrogen and oxygen atoms in total. The fourth-order valence-electron chi connectivity index (χ4n) is 5.40. The third-order valence-electron chi connectivity index (χ3n) is 7.48. The van der Waals surface area contributed by atoms with E-state index in [9.17, 15) is 19.2 Å². The van der Waals surface area contributed by atoms with Crippen LogP contribution in [0.15, 0.2) is 105 Å². The predicted molar refractivity (Wildman–Crippen MR) is 157 cm³/mol. The van der Waals surface area contributed by atoms with Crippen LogP contribution in [0.2, 0.25) is 0 Å². The Morgan fingerprint density at radius 3 is 1.79 bits per heavy atom. The van der Waals surface area contributed by atoms with Crippen LogP contribution in [0.4, 0.5) is 0 Å². The summed E-state index contributed by atoms with van der Waals surface area (Å²) >= 11 is 0. The number of rotatable bonds is 4. The second-order valence-electron chi connectivity index (χ2n) is 9.95. The highest BCUT2D eigenvalue weighted by Gasteiger charge is 2.21. The van der Waals surface area contributed by atoms with Gasteiger partial charge in [-0.25, -0.2) is 4.57 Å². The van der Waals surface area contributed by atoms with Gasteiger partial charge in [-0.2, -0.15) is 0 Å². The molecule has 190 valence electrons. The van der Waals surface area contributed by atoms with Gasteiger partial charge in [-0.05, 0) is 71.5 Å². The fourth-order valence-corrected chi connectivity index (χ4v) is 5.40. The Balaban J connectivity index is 1.63. The van der Waals surface area contributed by atoms with E-state index >= 15 is 0 Å². The Hall–Kier alpha value is -5.10. The van der Waals surface area contributed by atoms with Gasteiger partial charge in [0.05, 0.1) is 27.2 Å². The molecule has 39 heavy (non-hydrogen) atoms. The molecule has 0 saturated heterocycles. The SMILES string of the molecule is C=C(c1ccccc1)c1cc(-n2c(=O)c3cc4c(=O)n(C)c(=O)c4cc3c2=O)ccc1-c1ccc(C)cc1C. The van der Waals surface area contributed by atoms with Gasteiger partial charge in [0.25, 0.3) is 22.2 Å². The molecule has 0 aliphatic heterocycles. The van der Waals surface area contributed by atoms with Gasteiger partial charge in [-0.15, -0.1) is 0 Å². The summed E-state index contributed by atoms with van der Waals surface area (Å²) in [6, 6.07) is 24.2. The lowest BCUT2D eigenvalue weighted by molar-refractivity contribution is 0.856. The number of aromatic nitrogens is 2. The van der Waals surface area contributed by atoms with Gasteiger partial charge >= 0.3 is 0 Å². The second kappa shape index (κ2) is 8.74. The Labute approximate surface area is 223 Å². The Morgan fingerprint density at radius 1 is 0.641 bits per heavy atom.